The third-order valence-corrected chi connectivity index (χ3v) is 3.90. The average Bonchev–Trinajstić information content (AvgIpc) is 3.10. The summed E-state index contributed by atoms with van der Waals surface area (Å²) in [6, 6.07) is 12.0. The molecule has 0 aliphatic rings. The summed E-state index contributed by atoms with van der Waals surface area (Å²) in [5.41, 5.74) is 2.18. The lowest BCUT2D eigenvalue weighted by molar-refractivity contribution is -0.384. The minimum atomic E-state index is -0.427. The van der Waals surface area contributed by atoms with E-state index >= 15 is 0 Å². The van der Waals surface area contributed by atoms with Gasteiger partial charge in [0.15, 0.2) is 6.29 Å². The molecule has 0 atom stereocenters. The topological polar surface area (TPSA) is 99.5 Å². The molecule has 0 bridgehead atoms. The molecule has 3 aromatic rings. The lowest BCUT2D eigenvalue weighted by atomic mass is 10.2. The minimum absolute atomic E-state index is 0.0274. The summed E-state index contributed by atoms with van der Waals surface area (Å²) in [5.74, 6) is 1.33. The zero-order valence-electron chi connectivity index (χ0n) is 15.2. The molecule has 8 nitrogen and oxygen atoms in total. The Bertz CT molecular complexity index is 901. The van der Waals surface area contributed by atoms with E-state index in [1.165, 1.54) is 12.1 Å². The molecular formula is C19H21N3O5. The van der Waals surface area contributed by atoms with E-state index in [4.69, 9.17) is 14.2 Å². The quantitative estimate of drug-likeness (QED) is 0.348. The van der Waals surface area contributed by atoms with Gasteiger partial charge in [-0.1, -0.05) is 0 Å². The fourth-order valence-corrected chi connectivity index (χ4v) is 2.64. The molecular weight excluding hydrogens is 350 g/mol. The second-order valence-electron chi connectivity index (χ2n) is 5.72. The molecule has 1 heterocycles. The molecule has 0 radical (unpaired) electrons. The van der Waals surface area contributed by atoms with Crippen LogP contribution in [0.25, 0.3) is 22.4 Å². The summed E-state index contributed by atoms with van der Waals surface area (Å²) >= 11 is 0. The predicted octanol–water partition coefficient (Wildman–Crippen LogP) is 3.92. The Morgan fingerprint density at radius 3 is 2.44 bits per heavy atom. The standard InChI is InChI=1S/C19H21N3O5/c1-3-25-18(26-4-2)12-27-15-8-5-13(6-9-15)19-20-16-10-7-14(22(23)24)11-17(16)21-19/h5-11,18H,3-4,12H2,1-2H3,(H,20,21). The second kappa shape index (κ2) is 8.61. The van der Waals surface area contributed by atoms with E-state index in [0.29, 0.717) is 42.4 Å². The van der Waals surface area contributed by atoms with Gasteiger partial charge in [0.25, 0.3) is 5.69 Å². The number of aromatic amines is 1. The monoisotopic (exact) mass is 371 g/mol. The summed E-state index contributed by atoms with van der Waals surface area (Å²) in [4.78, 5) is 18.1. The third kappa shape index (κ3) is 4.60. The Kier molecular flexibility index (Phi) is 6.00. The van der Waals surface area contributed by atoms with Crippen LogP contribution in [0.15, 0.2) is 42.5 Å². The van der Waals surface area contributed by atoms with Gasteiger partial charge in [0.2, 0.25) is 0 Å². The number of benzene rings is 2. The maximum Gasteiger partial charge on any atom is 0.271 e. The van der Waals surface area contributed by atoms with Crippen LogP contribution in [0.3, 0.4) is 0 Å². The van der Waals surface area contributed by atoms with E-state index in [1.807, 2.05) is 38.1 Å². The summed E-state index contributed by atoms with van der Waals surface area (Å²) in [5, 5.41) is 10.9. The first-order valence-electron chi connectivity index (χ1n) is 8.71. The highest BCUT2D eigenvalue weighted by Crippen LogP contribution is 2.25. The van der Waals surface area contributed by atoms with Gasteiger partial charge in [-0.05, 0) is 44.2 Å². The van der Waals surface area contributed by atoms with Crippen molar-refractivity contribution in [2.24, 2.45) is 0 Å². The second-order valence-corrected chi connectivity index (χ2v) is 5.72. The first kappa shape index (κ1) is 18.8. The van der Waals surface area contributed by atoms with Crippen LogP contribution >= 0.6 is 0 Å². The van der Waals surface area contributed by atoms with Gasteiger partial charge < -0.3 is 19.2 Å². The molecule has 3 rings (SSSR count). The first-order valence-corrected chi connectivity index (χ1v) is 8.71. The van der Waals surface area contributed by atoms with Gasteiger partial charge in [0.05, 0.1) is 16.0 Å². The van der Waals surface area contributed by atoms with Crippen molar-refractivity contribution in [3.63, 3.8) is 0 Å². The number of nitro benzene ring substituents is 1. The van der Waals surface area contributed by atoms with Crippen molar-refractivity contribution in [3.8, 4) is 17.1 Å². The highest BCUT2D eigenvalue weighted by Gasteiger charge is 2.12. The van der Waals surface area contributed by atoms with Gasteiger partial charge in [0, 0.05) is 30.9 Å². The lowest BCUT2D eigenvalue weighted by Gasteiger charge is -2.17. The van der Waals surface area contributed by atoms with Gasteiger partial charge in [-0.2, -0.15) is 0 Å². The van der Waals surface area contributed by atoms with Crippen LogP contribution in [-0.4, -0.2) is 41.0 Å². The zero-order chi connectivity index (χ0) is 19.2. The summed E-state index contributed by atoms with van der Waals surface area (Å²) in [6.07, 6.45) is -0.397. The van der Waals surface area contributed by atoms with Gasteiger partial charge >= 0.3 is 0 Å². The van der Waals surface area contributed by atoms with Crippen molar-refractivity contribution in [1.82, 2.24) is 9.97 Å². The summed E-state index contributed by atoms with van der Waals surface area (Å²) < 4.78 is 16.6. The number of nitrogens with zero attached hydrogens (tertiary/aromatic N) is 2. The maximum absolute atomic E-state index is 10.9. The average molecular weight is 371 g/mol. The van der Waals surface area contributed by atoms with Crippen LogP contribution in [0.1, 0.15) is 13.8 Å². The number of rotatable bonds is 9. The van der Waals surface area contributed by atoms with Crippen molar-refractivity contribution < 1.29 is 19.1 Å². The summed E-state index contributed by atoms with van der Waals surface area (Å²) in [6.45, 7) is 5.22. The van der Waals surface area contributed by atoms with E-state index in [9.17, 15) is 10.1 Å². The molecule has 0 aliphatic heterocycles. The Morgan fingerprint density at radius 1 is 1.11 bits per heavy atom. The zero-order valence-corrected chi connectivity index (χ0v) is 15.2. The fourth-order valence-electron chi connectivity index (χ4n) is 2.64. The highest BCUT2D eigenvalue weighted by molar-refractivity contribution is 5.81. The molecule has 0 spiro atoms. The molecule has 2 aromatic carbocycles. The van der Waals surface area contributed by atoms with Crippen LogP contribution in [0.5, 0.6) is 5.75 Å². The highest BCUT2D eigenvalue weighted by atomic mass is 16.7. The number of hydrogen-bond acceptors (Lipinski definition) is 6. The van der Waals surface area contributed by atoms with Crippen molar-refractivity contribution in [2.45, 2.75) is 20.1 Å². The van der Waals surface area contributed by atoms with E-state index in [0.717, 1.165) is 5.56 Å². The molecule has 142 valence electrons. The normalized spacial score (nSPS) is 11.2. The number of ether oxygens (including phenoxy) is 3. The van der Waals surface area contributed by atoms with Crippen molar-refractivity contribution in [1.29, 1.82) is 0 Å². The van der Waals surface area contributed by atoms with Crippen molar-refractivity contribution in [2.75, 3.05) is 19.8 Å². The molecule has 0 saturated heterocycles. The molecule has 1 N–H and O–H groups in total. The smallest absolute Gasteiger partial charge is 0.271 e. The Labute approximate surface area is 156 Å². The van der Waals surface area contributed by atoms with Crippen LogP contribution in [-0.2, 0) is 9.47 Å². The lowest BCUT2D eigenvalue weighted by Crippen LogP contribution is -2.25. The third-order valence-electron chi connectivity index (χ3n) is 3.90. The predicted molar refractivity (Wildman–Crippen MR) is 101 cm³/mol. The maximum atomic E-state index is 10.9. The van der Waals surface area contributed by atoms with Crippen LogP contribution in [0.4, 0.5) is 5.69 Å². The fraction of sp³-hybridized carbons (Fsp3) is 0.316. The number of H-pyrrole nitrogens is 1. The van der Waals surface area contributed by atoms with Crippen LogP contribution in [0, 0.1) is 10.1 Å². The van der Waals surface area contributed by atoms with Crippen molar-refractivity contribution in [3.05, 3.63) is 52.6 Å². The van der Waals surface area contributed by atoms with Gasteiger partial charge in [-0.25, -0.2) is 4.98 Å². The van der Waals surface area contributed by atoms with E-state index in [1.54, 1.807) is 6.07 Å². The molecule has 0 aliphatic carbocycles. The molecule has 8 heteroatoms. The van der Waals surface area contributed by atoms with Crippen LogP contribution in [0.2, 0.25) is 0 Å². The van der Waals surface area contributed by atoms with Gasteiger partial charge in [0.1, 0.15) is 18.2 Å². The van der Waals surface area contributed by atoms with E-state index < -0.39 is 11.2 Å². The number of hydrogen-bond donors (Lipinski definition) is 1. The Balaban J connectivity index is 1.71. The van der Waals surface area contributed by atoms with E-state index in [2.05, 4.69) is 9.97 Å². The number of fused-ring (bicyclic) bond motifs is 1. The van der Waals surface area contributed by atoms with Gasteiger partial charge in [-0.15, -0.1) is 0 Å². The molecule has 0 fully saturated rings. The number of aromatic nitrogens is 2. The summed E-state index contributed by atoms with van der Waals surface area (Å²) in [7, 11) is 0. The number of nitrogens with one attached hydrogen (secondary N) is 1. The molecule has 0 amide bonds. The largest absolute Gasteiger partial charge is 0.488 e. The first-order chi connectivity index (χ1) is 13.1. The van der Waals surface area contributed by atoms with Gasteiger partial charge in [-0.3, -0.25) is 10.1 Å². The number of nitro groups is 1. The van der Waals surface area contributed by atoms with E-state index in [-0.39, 0.29) is 5.69 Å². The SMILES string of the molecule is CCOC(COc1ccc(-c2nc3ccc([N+](=O)[O-])cc3[nH]2)cc1)OCC. The minimum Gasteiger partial charge on any atom is -0.488 e. The molecule has 1 aromatic heterocycles. The number of imidazole rings is 1. The molecule has 27 heavy (non-hydrogen) atoms. The van der Waals surface area contributed by atoms with Crippen molar-refractivity contribution >= 4 is 16.7 Å². The number of non-ortho nitro benzene ring substituents is 1. The Hall–Kier alpha value is -2.97. The molecule has 0 saturated carbocycles. The van der Waals surface area contributed by atoms with Crippen LogP contribution < -0.4 is 4.74 Å². The molecule has 0 unspecified atom stereocenters. The Morgan fingerprint density at radius 2 is 1.81 bits per heavy atom.